The first kappa shape index (κ1) is 33.0. The summed E-state index contributed by atoms with van der Waals surface area (Å²) in [4.78, 5) is 40.2. The van der Waals surface area contributed by atoms with Gasteiger partial charge in [-0.15, -0.1) is 0 Å². The minimum absolute atomic E-state index is 0.0403. The van der Waals surface area contributed by atoms with Gasteiger partial charge in [-0.05, 0) is 92.4 Å². The molecule has 1 saturated heterocycles. The Balaban J connectivity index is 1.58. The summed E-state index contributed by atoms with van der Waals surface area (Å²) < 4.78 is 25.6. The Bertz CT molecular complexity index is 1710. The summed E-state index contributed by atoms with van der Waals surface area (Å²) in [5, 5.41) is 21.6. The average Bonchev–Trinajstić information content (AvgIpc) is 3.15. The standard InChI is InChI=1S/C38H44O9/c1-21(2)9-8-14-36(7)15-13-25-30(41)29-31(42)27-17-23-18-28-35(5,6)47-37(34(23)43,16-12-24(19-39)44-20-40)38(27,28)46-33(29)26(32(25)45-36)11-10-22(3)4/h9-10,12-13,15,17,20,23,28,39,41H,8,11,14,16,18-19H2,1-7H3/b24-12-/t23?,28?,36-,37+,38+/m0/s1. The fourth-order valence-electron chi connectivity index (χ4n) is 8.26. The number of aromatic hydroxyl groups is 1. The largest absolute Gasteiger partial charge is 0.506 e. The van der Waals surface area contributed by atoms with Gasteiger partial charge < -0.3 is 29.2 Å². The number of aliphatic hydroxyl groups is 1. The van der Waals surface area contributed by atoms with E-state index in [9.17, 15) is 24.6 Å². The number of rotatable bonds is 10. The number of hydrogen-bond acceptors (Lipinski definition) is 9. The van der Waals surface area contributed by atoms with Crippen LogP contribution in [0.15, 0.2) is 52.9 Å². The smallest absolute Gasteiger partial charge is 0.298 e. The molecule has 2 unspecified atom stereocenters. The number of ether oxygens (including phenoxy) is 4. The lowest BCUT2D eigenvalue weighted by molar-refractivity contribution is -0.171. The molecule has 9 heteroatoms. The minimum atomic E-state index is -1.66. The van der Waals surface area contributed by atoms with E-state index < -0.39 is 46.6 Å². The third-order valence-electron chi connectivity index (χ3n) is 10.4. The Morgan fingerprint density at radius 3 is 2.43 bits per heavy atom. The lowest BCUT2D eigenvalue weighted by Crippen LogP contribution is -2.72. The number of benzene rings is 1. The summed E-state index contributed by atoms with van der Waals surface area (Å²) in [7, 11) is 0. The number of phenols is 1. The number of ketones is 2. The van der Waals surface area contributed by atoms with Crippen molar-refractivity contribution in [2.24, 2.45) is 11.8 Å². The second kappa shape index (κ2) is 11.3. The Morgan fingerprint density at radius 1 is 1.04 bits per heavy atom. The maximum Gasteiger partial charge on any atom is 0.298 e. The Hall–Kier alpha value is -3.95. The van der Waals surface area contributed by atoms with Gasteiger partial charge in [-0.3, -0.25) is 14.4 Å². The summed E-state index contributed by atoms with van der Waals surface area (Å²) in [5.74, 6) is -1.31. The minimum Gasteiger partial charge on any atom is -0.506 e. The number of allylic oxidation sites excluding steroid dienone is 5. The monoisotopic (exact) mass is 644 g/mol. The van der Waals surface area contributed by atoms with Crippen LogP contribution in [0.5, 0.6) is 17.2 Å². The fraction of sp³-hybridized carbons (Fsp3) is 0.500. The van der Waals surface area contributed by atoms with E-state index in [0.717, 1.165) is 12.0 Å². The fourth-order valence-corrected chi connectivity index (χ4v) is 8.26. The van der Waals surface area contributed by atoms with Crippen molar-refractivity contribution in [1.29, 1.82) is 0 Å². The molecule has 0 aromatic heterocycles. The molecule has 47 heavy (non-hydrogen) atoms. The molecule has 3 aliphatic heterocycles. The molecule has 0 amide bonds. The van der Waals surface area contributed by atoms with Gasteiger partial charge >= 0.3 is 0 Å². The highest BCUT2D eigenvalue weighted by Crippen LogP contribution is 2.68. The molecule has 1 spiro atoms. The molecule has 5 atom stereocenters. The van der Waals surface area contributed by atoms with Crippen molar-refractivity contribution in [2.75, 3.05) is 6.61 Å². The zero-order chi connectivity index (χ0) is 34.1. The highest BCUT2D eigenvalue weighted by Gasteiger charge is 2.81. The Kier molecular flexibility index (Phi) is 7.95. The van der Waals surface area contributed by atoms with Crippen molar-refractivity contribution in [3.63, 3.8) is 0 Å². The third kappa shape index (κ3) is 4.84. The summed E-state index contributed by atoms with van der Waals surface area (Å²) in [5.41, 5.74) is -1.16. The lowest BCUT2D eigenvalue weighted by Gasteiger charge is -2.56. The van der Waals surface area contributed by atoms with Crippen molar-refractivity contribution in [1.82, 2.24) is 0 Å². The molecule has 6 aliphatic rings. The van der Waals surface area contributed by atoms with E-state index in [0.29, 0.717) is 36.1 Å². The van der Waals surface area contributed by atoms with Crippen LogP contribution in [0.1, 0.15) is 95.6 Å². The van der Waals surface area contributed by atoms with Crippen molar-refractivity contribution in [3.8, 4) is 17.2 Å². The van der Waals surface area contributed by atoms with Crippen LogP contribution in [0.25, 0.3) is 6.08 Å². The first-order valence-corrected chi connectivity index (χ1v) is 16.3. The second-order valence-electron chi connectivity index (χ2n) is 14.6. The van der Waals surface area contributed by atoms with Gasteiger partial charge in [0.05, 0.1) is 11.2 Å². The van der Waals surface area contributed by atoms with E-state index in [4.69, 9.17) is 18.9 Å². The van der Waals surface area contributed by atoms with Crippen molar-refractivity contribution < 1.29 is 43.5 Å². The van der Waals surface area contributed by atoms with Crippen LogP contribution in [0.2, 0.25) is 0 Å². The van der Waals surface area contributed by atoms with Crippen LogP contribution < -0.4 is 9.47 Å². The topological polar surface area (TPSA) is 129 Å². The molecule has 3 heterocycles. The maximum atomic E-state index is 14.8. The number of hydrogen-bond donors (Lipinski definition) is 2. The third-order valence-corrected chi connectivity index (χ3v) is 10.4. The molecule has 250 valence electrons. The summed E-state index contributed by atoms with van der Waals surface area (Å²) in [6, 6.07) is 0. The van der Waals surface area contributed by atoms with E-state index in [1.807, 2.05) is 52.8 Å². The number of phenolic OH excluding ortho intramolecular Hbond substituents is 1. The van der Waals surface area contributed by atoms with E-state index >= 15 is 0 Å². The van der Waals surface area contributed by atoms with Gasteiger partial charge in [0.25, 0.3) is 6.47 Å². The molecular formula is C38H44O9. The van der Waals surface area contributed by atoms with Gasteiger partial charge in [-0.1, -0.05) is 29.4 Å². The summed E-state index contributed by atoms with van der Waals surface area (Å²) >= 11 is 0. The van der Waals surface area contributed by atoms with Crippen LogP contribution in [0.3, 0.4) is 0 Å². The first-order chi connectivity index (χ1) is 22.1. The number of carbonyl (C=O) groups is 3. The van der Waals surface area contributed by atoms with Crippen LogP contribution in [-0.4, -0.2) is 57.3 Å². The quantitative estimate of drug-likeness (QED) is 0.172. The number of Topliss-reactive ketones (excluding diaryl/α,β-unsaturated/α-hetero) is 2. The molecule has 0 radical (unpaired) electrons. The van der Waals surface area contributed by atoms with Crippen LogP contribution in [-0.2, 0) is 25.5 Å². The van der Waals surface area contributed by atoms with E-state index in [1.165, 1.54) is 11.6 Å². The van der Waals surface area contributed by atoms with Crippen LogP contribution in [0.4, 0.5) is 0 Å². The Labute approximate surface area is 275 Å². The first-order valence-electron chi connectivity index (χ1n) is 16.3. The van der Waals surface area contributed by atoms with Crippen molar-refractivity contribution in [3.05, 3.63) is 69.5 Å². The average molecular weight is 645 g/mol. The van der Waals surface area contributed by atoms with Crippen molar-refractivity contribution in [2.45, 2.75) is 103 Å². The highest BCUT2D eigenvalue weighted by atomic mass is 16.6. The highest BCUT2D eigenvalue weighted by molar-refractivity contribution is 6.19. The SMILES string of the molecule is CC(C)=CCC[C@@]1(C)C=Cc2c(O)c3c(c(CC=C(C)C)c2O1)O[C@]12C(=CC4CC1C(C)(C)O[C@]2(C/C=C(/CO)OC=O)C4=O)C3=O. The number of carbonyl (C=O) groups excluding carboxylic acids is 3. The molecular weight excluding hydrogens is 600 g/mol. The molecule has 9 nitrogen and oxygen atoms in total. The lowest BCUT2D eigenvalue weighted by atomic mass is 9.51. The van der Waals surface area contributed by atoms with E-state index in [-0.39, 0.29) is 47.1 Å². The van der Waals surface area contributed by atoms with Gasteiger partial charge in [-0.2, -0.15) is 0 Å². The molecule has 2 N–H and O–H groups in total. The van der Waals surface area contributed by atoms with Gasteiger partial charge in [0.2, 0.25) is 0 Å². The number of aliphatic hydroxyl groups excluding tert-OH is 1. The van der Waals surface area contributed by atoms with Crippen molar-refractivity contribution >= 4 is 24.1 Å². The van der Waals surface area contributed by atoms with Gasteiger partial charge in [0.1, 0.15) is 40.8 Å². The molecule has 4 bridgehead atoms. The summed E-state index contributed by atoms with van der Waals surface area (Å²) in [6.45, 7) is 13.5. The second-order valence-corrected chi connectivity index (χ2v) is 14.6. The molecule has 1 saturated carbocycles. The zero-order valence-electron chi connectivity index (χ0n) is 28.2. The van der Waals surface area contributed by atoms with E-state index in [2.05, 4.69) is 19.9 Å². The van der Waals surface area contributed by atoms with E-state index in [1.54, 1.807) is 6.08 Å². The molecule has 3 aliphatic carbocycles. The van der Waals surface area contributed by atoms with Gasteiger partial charge in [0, 0.05) is 29.4 Å². The Morgan fingerprint density at radius 2 is 1.77 bits per heavy atom. The molecule has 1 aromatic carbocycles. The molecule has 2 fully saturated rings. The van der Waals surface area contributed by atoms with Gasteiger partial charge in [-0.25, -0.2) is 0 Å². The maximum absolute atomic E-state index is 14.8. The van der Waals surface area contributed by atoms with Gasteiger partial charge in [0.15, 0.2) is 22.8 Å². The predicted octanol–water partition coefficient (Wildman–Crippen LogP) is 6.26. The normalized spacial score (nSPS) is 30.7. The predicted molar refractivity (Wildman–Crippen MR) is 175 cm³/mol. The summed E-state index contributed by atoms with van der Waals surface area (Å²) in [6.07, 6.45) is 13.2. The molecule has 7 rings (SSSR count). The number of fused-ring (bicyclic) bond motifs is 2. The molecule has 1 aromatic rings. The zero-order valence-corrected chi connectivity index (χ0v) is 28.2. The van der Waals surface area contributed by atoms with Crippen LogP contribution >= 0.6 is 0 Å². The van der Waals surface area contributed by atoms with Crippen LogP contribution in [0, 0.1) is 11.8 Å².